The van der Waals surface area contributed by atoms with E-state index in [9.17, 15) is 14.4 Å². The molecule has 0 saturated heterocycles. The van der Waals surface area contributed by atoms with Gasteiger partial charge in [0.25, 0.3) is 5.56 Å². The number of carbonyl (C=O) groups is 1. The smallest absolute Gasteiger partial charge is 0.328 e. The van der Waals surface area contributed by atoms with Gasteiger partial charge in [0.1, 0.15) is 12.1 Å². The number of aromatic amines is 1. The summed E-state index contributed by atoms with van der Waals surface area (Å²) in [5, 5.41) is 2.66. The van der Waals surface area contributed by atoms with Crippen molar-refractivity contribution in [2.24, 2.45) is 0 Å². The molecule has 0 unspecified atom stereocenters. The quantitative estimate of drug-likeness (QED) is 0.737. The molecule has 0 bridgehead atoms. The van der Waals surface area contributed by atoms with Crippen molar-refractivity contribution in [3.8, 4) is 0 Å². The van der Waals surface area contributed by atoms with E-state index in [4.69, 9.17) is 4.42 Å². The zero-order valence-corrected chi connectivity index (χ0v) is 11.6. The highest BCUT2D eigenvalue weighted by Crippen LogP contribution is 2.19. The number of hydrogen-bond donors (Lipinski definition) is 2. The minimum Gasteiger partial charge on any atom is -0.441 e. The highest BCUT2D eigenvalue weighted by atomic mass is 16.3. The number of aromatic nitrogens is 3. The maximum absolute atomic E-state index is 12.0. The summed E-state index contributed by atoms with van der Waals surface area (Å²) in [4.78, 5) is 40.7. The number of fused-ring (bicyclic) bond motifs is 1. The molecule has 0 aliphatic carbocycles. The van der Waals surface area contributed by atoms with E-state index in [0.717, 1.165) is 4.57 Å². The summed E-state index contributed by atoms with van der Waals surface area (Å²) in [6.07, 6.45) is 1.27. The topological polar surface area (TPSA) is 110 Å². The lowest BCUT2D eigenvalue weighted by atomic mass is 10.3. The standard InChI is InChI=1S/C14H12N4O4/c1-8-15-10-6-9(2-3-11(10)22-8)16-13(20)7-18-5-4-12(19)17-14(18)21/h2-6H,7H2,1H3,(H,16,20)(H,17,19,21). The zero-order chi connectivity index (χ0) is 15.7. The van der Waals surface area contributed by atoms with Crippen LogP contribution < -0.4 is 16.6 Å². The number of aryl methyl sites for hydroxylation is 1. The molecule has 0 aliphatic rings. The van der Waals surface area contributed by atoms with Crippen LogP contribution in [0.25, 0.3) is 11.1 Å². The van der Waals surface area contributed by atoms with Gasteiger partial charge in [-0.25, -0.2) is 9.78 Å². The summed E-state index contributed by atoms with van der Waals surface area (Å²) in [6, 6.07) is 6.25. The Bertz CT molecular complexity index is 967. The predicted molar refractivity (Wildman–Crippen MR) is 78.7 cm³/mol. The number of rotatable bonds is 3. The molecule has 0 spiro atoms. The number of oxazole rings is 1. The van der Waals surface area contributed by atoms with Gasteiger partial charge in [-0.1, -0.05) is 0 Å². The Morgan fingerprint density at radius 2 is 2.18 bits per heavy atom. The van der Waals surface area contributed by atoms with Crippen LogP contribution in [0.1, 0.15) is 5.89 Å². The molecule has 1 aromatic carbocycles. The molecule has 8 nitrogen and oxygen atoms in total. The highest BCUT2D eigenvalue weighted by Gasteiger charge is 2.08. The Morgan fingerprint density at radius 3 is 2.95 bits per heavy atom. The van der Waals surface area contributed by atoms with Crippen LogP contribution >= 0.6 is 0 Å². The second kappa shape index (κ2) is 5.32. The van der Waals surface area contributed by atoms with Crippen molar-refractivity contribution in [1.29, 1.82) is 0 Å². The summed E-state index contributed by atoms with van der Waals surface area (Å²) >= 11 is 0. The van der Waals surface area contributed by atoms with Gasteiger partial charge in [0.2, 0.25) is 5.91 Å². The molecule has 0 aliphatic heterocycles. The third-order valence-electron chi connectivity index (χ3n) is 2.99. The van der Waals surface area contributed by atoms with E-state index < -0.39 is 17.2 Å². The number of hydrogen-bond acceptors (Lipinski definition) is 5. The molecule has 1 amide bonds. The van der Waals surface area contributed by atoms with Crippen molar-refractivity contribution in [2.45, 2.75) is 13.5 Å². The van der Waals surface area contributed by atoms with Gasteiger partial charge in [-0.3, -0.25) is 19.1 Å². The second-order valence-electron chi connectivity index (χ2n) is 4.70. The molecule has 2 aromatic heterocycles. The molecule has 0 radical (unpaired) electrons. The molecule has 0 atom stereocenters. The maximum atomic E-state index is 12.0. The average molecular weight is 300 g/mol. The summed E-state index contributed by atoms with van der Waals surface area (Å²) in [5.74, 6) is 0.145. The lowest BCUT2D eigenvalue weighted by Crippen LogP contribution is -2.32. The molecule has 8 heteroatoms. The van der Waals surface area contributed by atoms with Crippen molar-refractivity contribution in [3.05, 3.63) is 57.2 Å². The summed E-state index contributed by atoms with van der Waals surface area (Å²) in [7, 11) is 0. The van der Waals surface area contributed by atoms with E-state index in [1.54, 1.807) is 25.1 Å². The number of H-pyrrole nitrogens is 1. The summed E-state index contributed by atoms with van der Waals surface area (Å²) < 4.78 is 6.45. The lowest BCUT2D eigenvalue weighted by molar-refractivity contribution is -0.116. The number of nitrogens with zero attached hydrogens (tertiary/aromatic N) is 2. The Kier molecular flexibility index (Phi) is 3.34. The molecular formula is C14H12N4O4. The minimum atomic E-state index is -0.634. The van der Waals surface area contributed by atoms with Crippen LogP contribution in [0, 0.1) is 6.92 Å². The third-order valence-corrected chi connectivity index (χ3v) is 2.99. The predicted octanol–water partition coefficient (Wildman–Crippen LogP) is 0.625. The first-order chi connectivity index (χ1) is 10.5. The molecule has 0 saturated carbocycles. The van der Waals surface area contributed by atoms with E-state index >= 15 is 0 Å². The van der Waals surface area contributed by atoms with Gasteiger partial charge in [-0.15, -0.1) is 0 Å². The molecule has 3 aromatic rings. The number of carbonyl (C=O) groups excluding carboxylic acids is 1. The molecule has 3 rings (SSSR count). The summed E-state index contributed by atoms with van der Waals surface area (Å²) in [5.41, 5.74) is 0.672. The van der Waals surface area contributed by atoms with E-state index in [-0.39, 0.29) is 6.54 Å². The van der Waals surface area contributed by atoms with E-state index in [0.29, 0.717) is 22.7 Å². The largest absolute Gasteiger partial charge is 0.441 e. The highest BCUT2D eigenvalue weighted by molar-refractivity contribution is 5.92. The maximum Gasteiger partial charge on any atom is 0.328 e. The van der Waals surface area contributed by atoms with Crippen molar-refractivity contribution in [2.75, 3.05) is 5.32 Å². The second-order valence-corrected chi connectivity index (χ2v) is 4.70. The first kappa shape index (κ1) is 13.8. The normalized spacial score (nSPS) is 10.8. The fraction of sp³-hybridized carbons (Fsp3) is 0.143. The first-order valence-corrected chi connectivity index (χ1v) is 6.48. The Morgan fingerprint density at radius 1 is 1.36 bits per heavy atom. The molecule has 22 heavy (non-hydrogen) atoms. The van der Waals surface area contributed by atoms with Crippen LogP contribution in [-0.2, 0) is 11.3 Å². The van der Waals surface area contributed by atoms with Gasteiger partial charge < -0.3 is 9.73 Å². The van der Waals surface area contributed by atoms with Crippen LogP contribution in [0.15, 0.2) is 44.5 Å². The fourth-order valence-corrected chi connectivity index (χ4v) is 2.04. The fourth-order valence-electron chi connectivity index (χ4n) is 2.04. The zero-order valence-electron chi connectivity index (χ0n) is 11.6. The Hall–Kier alpha value is -3.16. The van der Waals surface area contributed by atoms with Crippen molar-refractivity contribution < 1.29 is 9.21 Å². The van der Waals surface area contributed by atoms with Gasteiger partial charge >= 0.3 is 5.69 Å². The van der Waals surface area contributed by atoms with E-state index in [1.165, 1.54) is 12.3 Å². The Balaban J connectivity index is 1.77. The van der Waals surface area contributed by atoms with Crippen LogP contribution in [-0.4, -0.2) is 20.4 Å². The van der Waals surface area contributed by atoms with E-state index in [2.05, 4.69) is 15.3 Å². The Labute approximate surface area is 123 Å². The molecule has 2 N–H and O–H groups in total. The van der Waals surface area contributed by atoms with Gasteiger partial charge in [0, 0.05) is 24.9 Å². The molecule has 0 fully saturated rings. The van der Waals surface area contributed by atoms with Crippen LogP contribution in [0.3, 0.4) is 0 Å². The minimum absolute atomic E-state index is 0.203. The summed E-state index contributed by atoms with van der Waals surface area (Å²) in [6.45, 7) is 1.53. The van der Waals surface area contributed by atoms with Gasteiger partial charge in [-0.2, -0.15) is 0 Å². The molecular weight excluding hydrogens is 288 g/mol. The third kappa shape index (κ3) is 2.80. The van der Waals surface area contributed by atoms with Crippen molar-refractivity contribution >= 4 is 22.7 Å². The number of benzene rings is 1. The monoisotopic (exact) mass is 300 g/mol. The number of nitrogens with one attached hydrogen (secondary N) is 2. The van der Waals surface area contributed by atoms with Crippen molar-refractivity contribution in [1.82, 2.24) is 14.5 Å². The van der Waals surface area contributed by atoms with Crippen LogP contribution in [0.5, 0.6) is 0 Å². The van der Waals surface area contributed by atoms with Crippen molar-refractivity contribution in [3.63, 3.8) is 0 Å². The lowest BCUT2D eigenvalue weighted by Gasteiger charge is -2.06. The van der Waals surface area contributed by atoms with Gasteiger partial charge in [0.05, 0.1) is 0 Å². The average Bonchev–Trinajstić information content (AvgIpc) is 2.81. The number of amides is 1. The molecule has 112 valence electrons. The van der Waals surface area contributed by atoms with Gasteiger partial charge in [-0.05, 0) is 18.2 Å². The van der Waals surface area contributed by atoms with Gasteiger partial charge in [0.15, 0.2) is 11.5 Å². The van der Waals surface area contributed by atoms with Crippen LogP contribution in [0.2, 0.25) is 0 Å². The number of anilines is 1. The SMILES string of the molecule is Cc1nc2cc(NC(=O)Cn3ccc(=O)[nH]c3=O)ccc2o1. The van der Waals surface area contributed by atoms with Crippen LogP contribution in [0.4, 0.5) is 5.69 Å². The molecule has 2 heterocycles. The first-order valence-electron chi connectivity index (χ1n) is 6.48. The van der Waals surface area contributed by atoms with E-state index in [1.807, 2.05) is 0 Å².